The first-order chi connectivity index (χ1) is 8.23. The van der Waals surface area contributed by atoms with Crippen LogP contribution in [0.5, 0.6) is 5.88 Å². The van der Waals surface area contributed by atoms with Crippen molar-refractivity contribution < 1.29 is 27.8 Å². The average Bonchev–Trinajstić information content (AvgIpc) is 2.18. The van der Waals surface area contributed by atoms with Crippen LogP contribution in [0.2, 0.25) is 0 Å². The van der Waals surface area contributed by atoms with Gasteiger partial charge in [-0.15, -0.1) is 13.2 Å². The van der Waals surface area contributed by atoms with Crippen molar-refractivity contribution >= 4 is 21.9 Å². The van der Waals surface area contributed by atoms with Gasteiger partial charge in [0.15, 0.2) is 5.43 Å². The van der Waals surface area contributed by atoms with E-state index in [1.54, 1.807) is 0 Å². The molecule has 0 aliphatic rings. The van der Waals surface area contributed by atoms with Crippen LogP contribution < -0.4 is 10.2 Å². The second-order valence-corrected chi connectivity index (χ2v) is 3.77. The summed E-state index contributed by atoms with van der Waals surface area (Å²) >= 11 is 2.95. The monoisotopic (exact) mass is 329 g/mol. The highest BCUT2D eigenvalue weighted by Gasteiger charge is 2.32. The van der Waals surface area contributed by atoms with Crippen LogP contribution in [0.1, 0.15) is 11.3 Å². The van der Waals surface area contributed by atoms with Gasteiger partial charge in [0.2, 0.25) is 5.88 Å². The molecule has 9 heteroatoms. The number of nitrogens with one attached hydrogen (secondary N) is 1. The number of halogens is 4. The molecule has 0 bridgehead atoms. The Balaban J connectivity index is 3.19. The van der Waals surface area contributed by atoms with Crippen molar-refractivity contribution in [3.05, 3.63) is 27.5 Å². The molecule has 0 fully saturated rings. The van der Waals surface area contributed by atoms with E-state index in [-0.39, 0.29) is 16.6 Å². The predicted octanol–water partition coefficient (Wildman–Crippen LogP) is 1.80. The Labute approximate surface area is 107 Å². The topological polar surface area (TPSA) is 79.4 Å². The van der Waals surface area contributed by atoms with Gasteiger partial charge in [0.1, 0.15) is 0 Å². The largest absolute Gasteiger partial charge is 0.574 e. The summed E-state index contributed by atoms with van der Waals surface area (Å²) in [6.45, 7) is 0. The van der Waals surface area contributed by atoms with E-state index >= 15 is 0 Å². The van der Waals surface area contributed by atoms with Crippen LogP contribution in [0, 0.1) is 0 Å². The molecule has 1 rings (SSSR count). The third kappa shape index (κ3) is 4.06. The molecule has 0 aromatic carbocycles. The fourth-order valence-corrected chi connectivity index (χ4v) is 1.73. The lowest BCUT2D eigenvalue weighted by molar-refractivity contribution is -0.276. The number of alkyl halides is 4. The Morgan fingerprint density at radius 2 is 2.11 bits per heavy atom. The van der Waals surface area contributed by atoms with E-state index < -0.39 is 30.1 Å². The number of carboxylic acids is 1. The third-order valence-corrected chi connectivity index (χ3v) is 2.45. The molecule has 0 aliphatic heterocycles. The van der Waals surface area contributed by atoms with E-state index in [0.717, 1.165) is 0 Å². The van der Waals surface area contributed by atoms with Gasteiger partial charge < -0.3 is 14.8 Å². The van der Waals surface area contributed by atoms with Gasteiger partial charge in [-0.25, -0.2) is 0 Å². The molecular formula is C9H7BrF3NO4. The Morgan fingerprint density at radius 1 is 1.50 bits per heavy atom. The number of carbonyl (C=O) groups is 1. The summed E-state index contributed by atoms with van der Waals surface area (Å²) in [6.07, 6.45) is -5.51. The number of rotatable bonds is 4. The molecule has 0 amide bonds. The zero-order valence-electron chi connectivity index (χ0n) is 8.68. The summed E-state index contributed by atoms with van der Waals surface area (Å²) in [5, 5.41) is 8.59. The highest BCUT2D eigenvalue weighted by Crippen LogP contribution is 2.21. The first-order valence-corrected chi connectivity index (χ1v) is 5.63. The summed E-state index contributed by atoms with van der Waals surface area (Å²) in [6, 6.07) is 0.567. The molecule has 1 aromatic rings. The summed E-state index contributed by atoms with van der Waals surface area (Å²) in [5.74, 6) is -2.04. The molecule has 5 nitrogen and oxygen atoms in total. The molecule has 0 saturated heterocycles. The number of pyridine rings is 1. The van der Waals surface area contributed by atoms with Gasteiger partial charge in [0.05, 0.1) is 6.42 Å². The van der Waals surface area contributed by atoms with Crippen LogP contribution in [-0.2, 0) is 16.5 Å². The molecule has 100 valence electrons. The number of H-pyrrole nitrogens is 1. The molecule has 0 spiro atoms. The summed E-state index contributed by atoms with van der Waals surface area (Å²) in [4.78, 5) is 24.2. The maximum absolute atomic E-state index is 12.0. The minimum absolute atomic E-state index is 0.0000888. The zero-order chi connectivity index (χ0) is 13.9. The summed E-state index contributed by atoms with van der Waals surface area (Å²) < 4.78 is 39.5. The first kappa shape index (κ1) is 14.6. The molecule has 0 radical (unpaired) electrons. The lowest BCUT2D eigenvalue weighted by Gasteiger charge is -2.11. The van der Waals surface area contributed by atoms with Gasteiger partial charge in [0, 0.05) is 22.7 Å². The zero-order valence-corrected chi connectivity index (χ0v) is 10.3. The van der Waals surface area contributed by atoms with E-state index in [0.29, 0.717) is 6.07 Å². The van der Waals surface area contributed by atoms with Crippen molar-refractivity contribution in [2.45, 2.75) is 18.1 Å². The minimum atomic E-state index is -4.93. The number of hydrogen-bond donors (Lipinski definition) is 2. The van der Waals surface area contributed by atoms with E-state index in [4.69, 9.17) is 5.11 Å². The lowest BCUT2D eigenvalue weighted by atomic mass is 10.1. The van der Waals surface area contributed by atoms with Gasteiger partial charge in [-0.1, -0.05) is 15.9 Å². The van der Waals surface area contributed by atoms with Crippen molar-refractivity contribution in [1.82, 2.24) is 4.98 Å². The number of carboxylic acid groups (broad SMARTS) is 1. The molecule has 1 aromatic heterocycles. The standard InChI is InChI=1S/C9H7BrF3NO4/c10-3-5-4(1-8(16)17)6(15)2-7(14-5)18-9(11,12)13/h2H,1,3H2,(H,14,15)(H,16,17). The van der Waals surface area contributed by atoms with Gasteiger partial charge in [-0.05, 0) is 0 Å². The van der Waals surface area contributed by atoms with E-state index in [1.807, 2.05) is 0 Å². The van der Waals surface area contributed by atoms with E-state index in [2.05, 4.69) is 25.7 Å². The molecule has 1 heterocycles. The van der Waals surface area contributed by atoms with Crippen LogP contribution in [-0.4, -0.2) is 22.4 Å². The van der Waals surface area contributed by atoms with Gasteiger partial charge in [-0.2, -0.15) is 0 Å². The number of ether oxygens (including phenoxy) is 1. The Bertz CT molecular complexity index is 512. The third-order valence-electron chi connectivity index (χ3n) is 1.89. The van der Waals surface area contributed by atoms with Crippen molar-refractivity contribution in [3.8, 4) is 5.88 Å². The molecule has 0 atom stereocenters. The van der Waals surface area contributed by atoms with Gasteiger partial charge in [-0.3, -0.25) is 9.59 Å². The van der Waals surface area contributed by atoms with Gasteiger partial charge in [0.25, 0.3) is 0 Å². The molecule has 0 saturated carbocycles. The van der Waals surface area contributed by atoms with Crippen molar-refractivity contribution in [2.24, 2.45) is 0 Å². The molecule has 0 aliphatic carbocycles. The highest BCUT2D eigenvalue weighted by molar-refractivity contribution is 9.08. The molecular weight excluding hydrogens is 323 g/mol. The fourth-order valence-electron chi connectivity index (χ4n) is 1.25. The molecule has 18 heavy (non-hydrogen) atoms. The Hall–Kier alpha value is -1.51. The van der Waals surface area contributed by atoms with E-state index in [1.165, 1.54) is 0 Å². The normalized spacial score (nSPS) is 11.3. The van der Waals surface area contributed by atoms with Crippen molar-refractivity contribution in [2.75, 3.05) is 0 Å². The van der Waals surface area contributed by atoms with Crippen LogP contribution in [0.4, 0.5) is 13.2 Å². The second kappa shape index (κ2) is 5.42. The van der Waals surface area contributed by atoms with Crippen LogP contribution in [0.15, 0.2) is 10.9 Å². The maximum atomic E-state index is 12.0. The Kier molecular flexibility index (Phi) is 4.38. The predicted molar refractivity (Wildman–Crippen MR) is 57.7 cm³/mol. The number of aromatic nitrogens is 1. The molecule has 2 N–H and O–H groups in total. The summed E-state index contributed by atoms with van der Waals surface area (Å²) in [7, 11) is 0. The number of aliphatic carboxylic acids is 1. The SMILES string of the molecule is O=C(O)Cc1c(CBr)[nH]c(OC(F)(F)F)cc1=O. The van der Waals surface area contributed by atoms with Crippen molar-refractivity contribution in [1.29, 1.82) is 0 Å². The van der Waals surface area contributed by atoms with Crippen LogP contribution >= 0.6 is 15.9 Å². The lowest BCUT2D eigenvalue weighted by Crippen LogP contribution is -2.22. The van der Waals surface area contributed by atoms with Gasteiger partial charge >= 0.3 is 12.3 Å². The molecule has 0 unspecified atom stereocenters. The average molecular weight is 330 g/mol. The van der Waals surface area contributed by atoms with Crippen LogP contribution in [0.25, 0.3) is 0 Å². The first-order valence-electron chi connectivity index (χ1n) is 4.51. The quantitative estimate of drug-likeness (QED) is 0.825. The van der Waals surface area contributed by atoms with E-state index in [9.17, 15) is 22.8 Å². The minimum Gasteiger partial charge on any atom is -0.481 e. The van der Waals surface area contributed by atoms with Crippen molar-refractivity contribution in [3.63, 3.8) is 0 Å². The second-order valence-electron chi connectivity index (χ2n) is 3.21. The summed E-state index contributed by atoms with van der Waals surface area (Å²) in [5.41, 5.74) is -0.914. The van der Waals surface area contributed by atoms with Crippen LogP contribution in [0.3, 0.4) is 0 Å². The smallest absolute Gasteiger partial charge is 0.481 e. The maximum Gasteiger partial charge on any atom is 0.574 e. The number of hydrogen-bond acceptors (Lipinski definition) is 3. The number of aromatic amines is 1. The Morgan fingerprint density at radius 3 is 2.56 bits per heavy atom. The fraction of sp³-hybridized carbons (Fsp3) is 0.333. The highest BCUT2D eigenvalue weighted by atomic mass is 79.9.